The average molecular weight is 485 g/mol. The zero-order valence-electron chi connectivity index (χ0n) is 17.6. The Morgan fingerprint density at radius 3 is 2.45 bits per heavy atom. The Bertz CT molecular complexity index is 1250. The van der Waals surface area contributed by atoms with Crippen LogP contribution in [0.5, 0.6) is 5.75 Å². The Morgan fingerprint density at radius 1 is 1.09 bits per heavy atom. The lowest BCUT2D eigenvalue weighted by Crippen LogP contribution is -2.06. The molecule has 4 aromatic rings. The topological polar surface area (TPSA) is 74.5 Å². The number of aromatic nitrogens is 2. The summed E-state index contributed by atoms with van der Waals surface area (Å²) in [4.78, 5) is 20.6. The zero-order chi connectivity index (χ0) is 23.4. The van der Waals surface area contributed by atoms with Crippen LogP contribution in [0, 0.1) is 5.82 Å². The summed E-state index contributed by atoms with van der Waals surface area (Å²) in [7, 11) is 1.33. The van der Waals surface area contributed by atoms with E-state index in [2.05, 4.69) is 9.97 Å². The molecular formula is C24H18ClFN2O4S. The van der Waals surface area contributed by atoms with E-state index in [9.17, 15) is 9.18 Å². The first-order valence-corrected chi connectivity index (χ1v) is 11.0. The molecule has 4 rings (SSSR count). The summed E-state index contributed by atoms with van der Waals surface area (Å²) in [5, 5.41) is 1.68. The van der Waals surface area contributed by atoms with Gasteiger partial charge in [0.05, 0.1) is 17.7 Å². The molecule has 0 aliphatic rings. The largest absolute Gasteiger partial charge is 0.484 e. The summed E-state index contributed by atoms with van der Waals surface area (Å²) in [5.41, 5.74) is 1.60. The van der Waals surface area contributed by atoms with Crippen molar-refractivity contribution in [1.29, 1.82) is 0 Å². The second-order valence-corrected chi connectivity index (χ2v) is 8.32. The second-order valence-electron chi connectivity index (χ2n) is 6.89. The van der Waals surface area contributed by atoms with Gasteiger partial charge in [0.15, 0.2) is 5.09 Å². The zero-order valence-corrected chi connectivity index (χ0v) is 19.2. The van der Waals surface area contributed by atoms with E-state index in [0.717, 1.165) is 0 Å². The molecule has 168 valence electrons. The maximum absolute atomic E-state index is 13.4. The standard InChI is InChI=1S/C24H18ClFN2O4S/c1-14(31-19-10-5-16(6-11-19)23(29)30-2)21-24(33-20-12-7-17(25)13-27-20)32-22(28-21)15-3-8-18(26)9-4-15/h3-14H,1-2H3. The number of rotatable bonds is 7. The molecule has 0 aliphatic carbocycles. The van der Waals surface area contributed by atoms with Crippen molar-refractivity contribution in [3.63, 3.8) is 0 Å². The number of hydrogen-bond donors (Lipinski definition) is 0. The maximum Gasteiger partial charge on any atom is 0.337 e. The molecule has 0 fully saturated rings. The summed E-state index contributed by atoms with van der Waals surface area (Å²) >= 11 is 7.21. The number of benzene rings is 2. The van der Waals surface area contributed by atoms with Gasteiger partial charge < -0.3 is 13.9 Å². The maximum atomic E-state index is 13.4. The molecule has 33 heavy (non-hydrogen) atoms. The number of oxazole rings is 1. The van der Waals surface area contributed by atoms with Crippen molar-refractivity contribution in [3.05, 3.63) is 89.0 Å². The van der Waals surface area contributed by atoms with E-state index in [1.54, 1.807) is 54.7 Å². The Labute approximate surface area is 198 Å². The van der Waals surface area contributed by atoms with Crippen LogP contribution >= 0.6 is 23.4 Å². The predicted octanol–water partition coefficient (Wildman–Crippen LogP) is 6.61. The first-order chi connectivity index (χ1) is 15.9. The fourth-order valence-corrected chi connectivity index (χ4v) is 3.91. The Balaban J connectivity index is 1.63. The van der Waals surface area contributed by atoms with Crippen molar-refractivity contribution in [2.24, 2.45) is 0 Å². The first-order valence-electron chi connectivity index (χ1n) is 9.84. The summed E-state index contributed by atoms with van der Waals surface area (Å²) in [6, 6.07) is 16.0. The fourth-order valence-electron chi connectivity index (χ4n) is 2.93. The SMILES string of the molecule is COC(=O)c1ccc(OC(C)c2nc(-c3ccc(F)cc3)oc2Sc2ccc(Cl)cn2)cc1. The van der Waals surface area contributed by atoms with Gasteiger partial charge in [0.2, 0.25) is 5.89 Å². The lowest BCUT2D eigenvalue weighted by molar-refractivity contribution is 0.0600. The second kappa shape index (κ2) is 10.1. The highest BCUT2D eigenvalue weighted by Crippen LogP contribution is 2.37. The third kappa shape index (κ3) is 5.53. The number of halogens is 2. The molecule has 1 unspecified atom stereocenters. The van der Waals surface area contributed by atoms with Gasteiger partial charge in [0.25, 0.3) is 0 Å². The number of pyridine rings is 1. The minimum Gasteiger partial charge on any atom is -0.484 e. The van der Waals surface area contributed by atoms with Crippen LogP contribution in [-0.4, -0.2) is 23.0 Å². The molecule has 0 bridgehead atoms. The molecular weight excluding hydrogens is 467 g/mol. The first kappa shape index (κ1) is 22.8. The van der Waals surface area contributed by atoms with Crippen molar-refractivity contribution in [1.82, 2.24) is 9.97 Å². The van der Waals surface area contributed by atoms with Gasteiger partial charge in [-0.25, -0.2) is 19.2 Å². The van der Waals surface area contributed by atoms with E-state index in [1.165, 1.54) is 31.0 Å². The molecule has 0 aliphatic heterocycles. The average Bonchev–Trinajstić information content (AvgIpc) is 3.25. The molecule has 9 heteroatoms. The van der Waals surface area contributed by atoms with Crippen LogP contribution in [0.2, 0.25) is 5.02 Å². The molecule has 0 saturated heterocycles. The number of methoxy groups -OCH3 is 1. The highest BCUT2D eigenvalue weighted by molar-refractivity contribution is 7.99. The third-order valence-electron chi connectivity index (χ3n) is 4.58. The molecule has 0 saturated carbocycles. The summed E-state index contributed by atoms with van der Waals surface area (Å²) in [6.07, 6.45) is 1.05. The molecule has 0 amide bonds. The van der Waals surface area contributed by atoms with Crippen LogP contribution in [0.15, 0.2) is 81.4 Å². The molecule has 2 heterocycles. The molecule has 0 radical (unpaired) electrons. The fraction of sp³-hybridized carbons (Fsp3) is 0.125. The highest BCUT2D eigenvalue weighted by atomic mass is 35.5. The predicted molar refractivity (Wildman–Crippen MR) is 122 cm³/mol. The van der Waals surface area contributed by atoms with Gasteiger partial charge in [0.1, 0.15) is 28.4 Å². The quantitative estimate of drug-likeness (QED) is 0.273. The number of carbonyl (C=O) groups is 1. The summed E-state index contributed by atoms with van der Waals surface area (Å²) < 4.78 is 30.1. The van der Waals surface area contributed by atoms with E-state index in [-0.39, 0.29) is 5.82 Å². The van der Waals surface area contributed by atoms with E-state index < -0.39 is 12.1 Å². The lowest BCUT2D eigenvalue weighted by Gasteiger charge is -2.13. The van der Waals surface area contributed by atoms with Crippen LogP contribution < -0.4 is 4.74 Å². The lowest BCUT2D eigenvalue weighted by atomic mass is 10.2. The van der Waals surface area contributed by atoms with Gasteiger partial charge in [-0.15, -0.1) is 0 Å². The normalized spacial score (nSPS) is 11.8. The van der Waals surface area contributed by atoms with Crippen LogP contribution in [0.3, 0.4) is 0 Å². The molecule has 0 N–H and O–H groups in total. The molecule has 0 spiro atoms. The minimum atomic E-state index is -0.498. The molecule has 1 atom stereocenters. The number of carbonyl (C=O) groups excluding carboxylic acids is 1. The number of hydrogen-bond acceptors (Lipinski definition) is 7. The van der Waals surface area contributed by atoms with Crippen molar-refractivity contribution in [2.75, 3.05) is 7.11 Å². The van der Waals surface area contributed by atoms with E-state index in [4.69, 9.17) is 25.5 Å². The van der Waals surface area contributed by atoms with Gasteiger partial charge in [-0.1, -0.05) is 11.6 Å². The van der Waals surface area contributed by atoms with E-state index in [1.807, 2.05) is 6.92 Å². The monoisotopic (exact) mass is 484 g/mol. The Kier molecular flexibility index (Phi) is 6.96. The highest BCUT2D eigenvalue weighted by Gasteiger charge is 2.23. The Hall–Kier alpha value is -3.36. The van der Waals surface area contributed by atoms with Crippen molar-refractivity contribution < 1.29 is 23.1 Å². The van der Waals surface area contributed by atoms with Crippen LogP contribution in [0.25, 0.3) is 11.5 Å². The van der Waals surface area contributed by atoms with Gasteiger partial charge in [-0.3, -0.25) is 0 Å². The summed E-state index contributed by atoms with van der Waals surface area (Å²) in [5.74, 6) is 0.0989. The number of nitrogens with zero attached hydrogens (tertiary/aromatic N) is 2. The van der Waals surface area contributed by atoms with Crippen LogP contribution in [0.4, 0.5) is 4.39 Å². The molecule has 2 aromatic heterocycles. The van der Waals surface area contributed by atoms with Crippen LogP contribution in [0.1, 0.15) is 29.1 Å². The van der Waals surface area contributed by atoms with Crippen molar-refractivity contribution >= 4 is 29.3 Å². The molecule has 6 nitrogen and oxygen atoms in total. The number of esters is 1. The summed E-state index contributed by atoms with van der Waals surface area (Å²) in [6.45, 7) is 1.83. The van der Waals surface area contributed by atoms with Crippen molar-refractivity contribution in [2.45, 2.75) is 23.1 Å². The minimum absolute atomic E-state index is 0.331. The smallest absolute Gasteiger partial charge is 0.337 e. The number of ether oxygens (including phenoxy) is 2. The molecule has 2 aromatic carbocycles. The van der Waals surface area contributed by atoms with E-state index in [0.29, 0.717) is 43.6 Å². The third-order valence-corrected chi connectivity index (χ3v) is 5.73. The van der Waals surface area contributed by atoms with Gasteiger partial charge >= 0.3 is 5.97 Å². The van der Waals surface area contributed by atoms with Gasteiger partial charge in [0, 0.05) is 11.8 Å². The van der Waals surface area contributed by atoms with Gasteiger partial charge in [-0.2, -0.15) is 0 Å². The Morgan fingerprint density at radius 2 is 1.82 bits per heavy atom. The van der Waals surface area contributed by atoms with Crippen molar-refractivity contribution in [3.8, 4) is 17.2 Å². The van der Waals surface area contributed by atoms with Crippen LogP contribution in [-0.2, 0) is 4.74 Å². The van der Waals surface area contributed by atoms with Gasteiger partial charge in [-0.05, 0) is 79.3 Å². The van der Waals surface area contributed by atoms with E-state index >= 15 is 0 Å².